The molecule has 0 radical (unpaired) electrons. The van der Waals surface area contributed by atoms with E-state index in [9.17, 15) is 8.42 Å². The van der Waals surface area contributed by atoms with Crippen molar-refractivity contribution in [2.24, 2.45) is 0 Å². The van der Waals surface area contributed by atoms with Gasteiger partial charge in [0, 0.05) is 30.5 Å². The average molecular weight is 336 g/mol. The standard InChI is InChI=1S/C13H18ClNO3S2/c14-6-1-9-18-12-2-4-13(5-3-12)20(16,17)15-7-10-19-11-8-15/h2-5H,1,6-11H2. The Labute approximate surface area is 129 Å². The lowest BCUT2D eigenvalue weighted by molar-refractivity contribution is 0.318. The van der Waals surface area contributed by atoms with Gasteiger partial charge in [0.2, 0.25) is 10.0 Å². The number of hydrogen-bond donors (Lipinski definition) is 0. The van der Waals surface area contributed by atoms with Crippen LogP contribution in [0.1, 0.15) is 6.42 Å². The zero-order valence-electron chi connectivity index (χ0n) is 11.1. The monoisotopic (exact) mass is 335 g/mol. The van der Waals surface area contributed by atoms with Crippen molar-refractivity contribution in [1.82, 2.24) is 4.31 Å². The maximum Gasteiger partial charge on any atom is 0.243 e. The molecule has 0 bridgehead atoms. The molecule has 7 heteroatoms. The minimum atomic E-state index is -3.36. The average Bonchev–Trinajstić information content (AvgIpc) is 2.49. The minimum absolute atomic E-state index is 0.328. The highest BCUT2D eigenvalue weighted by atomic mass is 35.5. The number of rotatable bonds is 6. The Hall–Kier alpha value is -0.430. The largest absolute Gasteiger partial charge is 0.494 e. The second-order valence-electron chi connectivity index (χ2n) is 4.38. The lowest BCUT2D eigenvalue weighted by atomic mass is 10.3. The number of hydrogen-bond acceptors (Lipinski definition) is 4. The van der Waals surface area contributed by atoms with Crippen molar-refractivity contribution in [2.45, 2.75) is 11.3 Å². The van der Waals surface area contributed by atoms with Gasteiger partial charge in [-0.05, 0) is 30.7 Å². The topological polar surface area (TPSA) is 46.6 Å². The van der Waals surface area contributed by atoms with E-state index in [1.807, 2.05) is 0 Å². The molecule has 1 heterocycles. The quantitative estimate of drug-likeness (QED) is 0.591. The number of nitrogens with zero attached hydrogens (tertiary/aromatic N) is 1. The van der Waals surface area contributed by atoms with Gasteiger partial charge in [0.05, 0.1) is 11.5 Å². The van der Waals surface area contributed by atoms with E-state index in [0.29, 0.717) is 36.2 Å². The first kappa shape index (κ1) is 15.9. The highest BCUT2D eigenvalue weighted by molar-refractivity contribution is 7.99. The third-order valence-electron chi connectivity index (χ3n) is 2.98. The van der Waals surface area contributed by atoms with Crippen LogP contribution in [-0.2, 0) is 10.0 Å². The second-order valence-corrected chi connectivity index (χ2v) is 7.92. The molecular formula is C13H18ClNO3S2. The van der Waals surface area contributed by atoms with E-state index in [1.165, 1.54) is 0 Å². The highest BCUT2D eigenvalue weighted by Gasteiger charge is 2.25. The fourth-order valence-electron chi connectivity index (χ4n) is 1.89. The van der Waals surface area contributed by atoms with Crippen molar-refractivity contribution in [1.29, 1.82) is 0 Å². The van der Waals surface area contributed by atoms with E-state index in [0.717, 1.165) is 17.9 Å². The normalized spacial score (nSPS) is 17.1. The molecule has 0 N–H and O–H groups in total. The third kappa shape index (κ3) is 4.04. The van der Waals surface area contributed by atoms with Crippen LogP contribution in [0.4, 0.5) is 0 Å². The summed E-state index contributed by atoms with van der Waals surface area (Å²) in [6.07, 6.45) is 0.771. The van der Waals surface area contributed by atoms with E-state index in [-0.39, 0.29) is 0 Å². The summed E-state index contributed by atoms with van der Waals surface area (Å²) in [5.74, 6) is 2.94. The van der Waals surface area contributed by atoms with Gasteiger partial charge in [0.25, 0.3) is 0 Å². The van der Waals surface area contributed by atoms with E-state index in [1.54, 1.807) is 40.3 Å². The molecule has 1 aliphatic rings. The van der Waals surface area contributed by atoms with Gasteiger partial charge in [-0.1, -0.05) is 0 Å². The highest BCUT2D eigenvalue weighted by Crippen LogP contribution is 2.22. The molecule has 0 saturated carbocycles. The SMILES string of the molecule is O=S(=O)(c1ccc(OCCCCl)cc1)N1CCSCC1. The van der Waals surface area contributed by atoms with Crippen LogP contribution >= 0.6 is 23.4 Å². The molecule has 1 aromatic carbocycles. The maximum atomic E-state index is 12.4. The lowest BCUT2D eigenvalue weighted by Crippen LogP contribution is -2.37. The van der Waals surface area contributed by atoms with Crippen LogP contribution in [0.3, 0.4) is 0 Å². The molecule has 0 atom stereocenters. The molecule has 0 spiro atoms. The van der Waals surface area contributed by atoms with E-state index in [2.05, 4.69) is 0 Å². The number of alkyl halides is 1. The Morgan fingerprint density at radius 2 is 1.85 bits per heavy atom. The van der Waals surface area contributed by atoms with Gasteiger partial charge in [-0.3, -0.25) is 0 Å². The summed E-state index contributed by atoms with van der Waals surface area (Å²) in [5.41, 5.74) is 0. The van der Waals surface area contributed by atoms with Gasteiger partial charge in [-0.2, -0.15) is 16.1 Å². The molecule has 4 nitrogen and oxygen atoms in total. The Kier molecular flexibility index (Phi) is 6.01. The first-order chi connectivity index (χ1) is 9.64. The summed E-state index contributed by atoms with van der Waals surface area (Å²) in [5, 5.41) is 0. The van der Waals surface area contributed by atoms with E-state index < -0.39 is 10.0 Å². The zero-order chi connectivity index (χ0) is 14.4. The molecule has 1 saturated heterocycles. The van der Waals surface area contributed by atoms with Crippen molar-refractivity contribution in [3.63, 3.8) is 0 Å². The van der Waals surface area contributed by atoms with Gasteiger partial charge in [0.1, 0.15) is 5.75 Å². The molecule has 20 heavy (non-hydrogen) atoms. The van der Waals surface area contributed by atoms with Gasteiger partial charge >= 0.3 is 0 Å². The summed E-state index contributed by atoms with van der Waals surface area (Å²) in [7, 11) is -3.36. The first-order valence-electron chi connectivity index (χ1n) is 6.51. The number of thioether (sulfide) groups is 1. The Bertz CT molecular complexity index is 513. The fraction of sp³-hybridized carbons (Fsp3) is 0.538. The molecule has 0 amide bonds. The Morgan fingerprint density at radius 3 is 2.45 bits per heavy atom. The van der Waals surface area contributed by atoms with Gasteiger partial charge in [0.15, 0.2) is 0 Å². The Morgan fingerprint density at radius 1 is 1.20 bits per heavy atom. The third-order valence-corrected chi connectivity index (χ3v) is 6.10. The minimum Gasteiger partial charge on any atom is -0.494 e. The summed E-state index contributed by atoms with van der Waals surface area (Å²) >= 11 is 7.36. The summed E-state index contributed by atoms with van der Waals surface area (Å²) in [6.45, 7) is 1.71. The summed E-state index contributed by atoms with van der Waals surface area (Å²) in [6, 6.07) is 6.60. The first-order valence-corrected chi connectivity index (χ1v) is 9.64. The van der Waals surface area contributed by atoms with Gasteiger partial charge < -0.3 is 4.74 Å². The van der Waals surface area contributed by atoms with Crippen molar-refractivity contribution in [3.8, 4) is 5.75 Å². The smallest absolute Gasteiger partial charge is 0.243 e. The molecule has 2 rings (SSSR count). The fourth-order valence-corrected chi connectivity index (χ4v) is 4.57. The second kappa shape index (κ2) is 7.54. The van der Waals surface area contributed by atoms with Crippen LogP contribution in [0.5, 0.6) is 5.75 Å². The molecule has 1 aliphatic heterocycles. The maximum absolute atomic E-state index is 12.4. The predicted molar refractivity (Wildman–Crippen MR) is 83.4 cm³/mol. The van der Waals surface area contributed by atoms with Crippen molar-refractivity contribution in [2.75, 3.05) is 37.1 Å². The van der Waals surface area contributed by atoms with E-state index in [4.69, 9.17) is 16.3 Å². The number of halogens is 1. The van der Waals surface area contributed by atoms with Crippen molar-refractivity contribution >= 4 is 33.4 Å². The summed E-state index contributed by atoms with van der Waals surface area (Å²) in [4.78, 5) is 0.328. The number of ether oxygens (including phenoxy) is 1. The van der Waals surface area contributed by atoms with Gasteiger partial charge in [-0.15, -0.1) is 11.6 Å². The Balaban J connectivity index is 2.04. The van der Waals surface area contributed by atoms with Crippen LogP contribution < -0.4 is 4.74 Å². The molecule has 112 valence electrons. The molecule has 1 fully saturated rings. The summed E-state index contributed by atoms with van der Waals surface area (Å²) < 4.78 is 31.8. The van der Waals surface area contributed by atoms with Crippen molar-refractivity contribution < 1.29 is 13.2 Å². The molecule has 0 aliphatic carbocycles. The zero-order valence-corrected chi connectivity index (χ0v) is 13.5. The predicted octanol–water partition coefficient (Wildman–Crippen LogP) is 2.43. The van der Waals surface area contributed by atoms with Crippen LogP contribution in [-0.4, -0.2) is 49.8 Å². The molecular weight excluding hydrogens is 318 g/mol. The van der Waals surface area contributed by atoms with Gasteiger partial charge in [-0.25, -0.2) is 8.42 Å². The van der Waals surface area contributed by atoms with Crippen molar-refractivity contribution in [3.05, 3.63) is 24.3 Å². The number of sulfonamides is 1. The van der Waals surface area contributed by atoms with Crippen LogP contribution in [0, 0.1) is 0 Å². The molecule has 0 unspecified atom stereocenters. The van der Waals surface area contributed by atoms with Crippen LogP contribution in [0.2, 0.25) is 0 Å². The molecule has 0 aromatic heterocycles. The molecule has 1 aromatic rings. The van der Waals surface area contributed by atoms with E-state index >= 15 is 0 Å². The lowest BCUT2D eigenvalue weighted by Gasteiger charge is -2.25. The van der Waals surface area contributed by atoms with Crippen LogP contribution in [0.15, 0.2) is 29.2 Å². The number of benzene rings is 1. The van der Waals surface area contributed by atoms with Crippen LogP contribution in [0.25, 0.3) is 0 Å².